The van der Waals surface area contributed by atoms with Gasteiger partial charge in [-0.3, -0.25) is 24.6 Å². The number of nitrogens with zero attached hydrogens (tertiary/aromatic N) is 4. The molecule has 4 aliphatic heterocycles. The summed E-state index contributed by atoms with van der Waals surface area (Å²) in [7, 11) is -0.990. The van der Waals surface area contributed by atoms with E-state index < -0.39 is 36.7 Å². The molecule has 3 fully saturated rings. The molecule has 1 spiro atoms. The molecule has 52 heavy (non-hydrogen) atoms. The Kier molecular flexibility index (Phi) is 9.34. The summed E-state index contributed by atoms with van der Waals surface area (Å²) in [4.78, 5) is 58.1. The van der Waals surface area contributed by atoms with Gasteiger partial charge in [-0.2, -0.15) is 0 Å². The Hall–Kier alpha value is -4.79. The Morgan fingerprint density at radius 1 is 1.10 bits per heavy atom. The maximum Gasteiger partial charge on any atom is 0.414 e. The van der Waals surface area contributed by atoms with Gasteiger partial charge in [0.15, 0.2) is 5.60 Å². The number of nitro benzene ring substituents is 1. The Labute approximate surface area is 303 Å². The number of amides is 3. The summed E-state index contributed by atoms with van der Waals surface area (Å²) in [5, 5.41) is 23.3. The van der Waals surface area contributed by atoms with Gasteiger partial charge >= 0.3 is 6.09 Å². The molecular weight excluding hydrogens is 685 g/mol. The van der Waals surface area contributed by atoms with Gasteiger partial charge in [0.05, 0.1) is 64.1 Å². The summed E-state index contributed by atoms with van der Waals surface area (Å²) in [6.45, 7) is 7.64. The largest absolute Gasteiger partial charge is 0.497 e. The third-order valence-electron chi connectivity index (χ3n) is 11.6. The summed E-state index contributed by atoms with van der Waals surface area (Å²) < 4.78 is 17.6. The summed E-state index contributed by atoms with van der Waals surface area (Å²) >= 11 is 0. The van der Waals surface area contributed by atoms with Gasteiger partial charge in [0.1, 0.15) is 12.4 Å². The lowest BCUT2D eigenvalue weighted by Crippen LogP contribution is -2.52. The van der Waals surface area contributed by atoms with Crippen LogP contribution in [0.25, 0.3) is 0 Å². The number of cyclic esters (lactones) is 1. The van der Waals surface area contributed by atoms with E-state index in [1.165, 1.54) is 17.0 Å². The molecule has 0 unspecified atom stereocenters. The minimum absolute atomic E-state index is 0.00532. The second-order valence-electron chi connectivity index (χ2n) is 14.7. The van der Waals surface area contributed by atoms with E-state index in [1.807, 2.05) is 55.5 Å². The second-order valence-corrected chi connectivity index (χ2v) is 19.4. The minimum Gasteiger partial charge on any atom is -0.497 e. The first-order valence-electron chi connectivity index (χ1n) is 17.8. The maximum absolute atomic E-state index is 15.2. The number of nitro groups is 1. The van der Waals surface area contributed by atoms with Crippen molar-refractivity contribution in [2.24, 2.45) is 5.92 Å². The average Bonchev–Trinajstić information content (AvgIpc) is 3.91. The van der Waals surface area contributed by atoms with E-state index in [-0.39, 0.29) is 55.3 Å². The van der Waals surface area contributed by atoms with Crippen LogP contribution in [0.5, 0.6) is 5.75 Å². The predicted octanol–water partition coefficient (Wildman–Crippen LogP) is 4.70. The zero-order chi connectivity index (χ0) is 36.9. The fourth-order valence-electron chi connectivity index (χ4n) is 9.05. The average molecular weight is 729 g/mol. The molecule has 1 N–H and O–H groups in total. The number of hydrogen-bond acceptors (Lipinski definition) is 9. The predicted molar refractivity (Wildman–Crippen MR) is 195 cm³/mol. The zero-order valence-corrected chi connectivity index (χ0v) is 30.8. The van der Waals surface area contributed by atoms with Crippen LogP contribution in [-0.2, 0) is 31.2 Å². The number of anilines is 2. The number of likely N-dealkylation sites (tertiary alicyclic amines) is 1. The number of carbonyl (C=O) groups is 3. The standard InChI is InChI=1S/C38H44N4O9Si/c1-24-35(52(3,4)30-13-11-29(49-2)12-14-30)33(21-34(44)39-16-6-9-28(39)23-43)51-38(24)31-20-27(42(47)48)10-15-32(31)41(36(38)45)22-25-7-5-8-26(19-25)40-17-18-50-37(40)46/h5,7-8,10-15,19-20,24,28,33,35,43H,6,9,16-18,21-23H2,1-4H3/t24-,28-,33+,35-,38+/m0/s1. The van der Waals surface area contributed by atoms with E-state index in [2.05, 4.69) is 13.1 Å². The van der Waals surface area contributed by atoms with Crippen molar-refractivity contribution in [3.63, 3.8) is 0 Å². The minimum atomic E-state index is -2.60. The number of ether oxygens (including phenoxy) is 3. The van der Waals surface area contributed by atoms with Crippen LogP contribution >= 0.6 is 0 Å². The first-order valence-corrected chi connectivity index (χ1v) is 20.8. The van der Waals surface area contributed by atoms with E-state index in [0.29, 0.717) is 42.2 Å². The highest BCUT2D eigenvalue weighted by Gasteiger charge is 2.67. The van der Waals surface area contributed by atoms with Crippen molar-refractivity contribution in [3.8, 4) is 5.75 Å². The smallest absolute Gasteiger partial charge is 0.414 e. The van der Waals surface area contributed by atoms with Crippen molar-refractivity contribution in [1.82, 2.24) is 4.90 Å². The van der Waals surface area contributed by atoms with Gasteiger partial charge in [-0.1, -0.05) is 49.5 Å². The van der Waals surface area contributed by atoms with Crippen LogP contribution < -0.4 is 19.7 Å². The lowest BCUT2D eigenvalue weighted by atomic mass is 9.82. The normalized spacial score (nSPS) is 25.6. The van der Waals surface area contributed by atoms with Crippen LogP contribution in [0.2, 0.25) is 18.6 Å². The van der Waals surface area contributed by atoms with Gasteiger partial charge in [0, 0.05) is 35.8 Å². The van der Waals surface area contributed by atoms with Gasteiger partial charge < -0.3 is 29.1 Å². The topological polar surface area (TPSA) is 152 Å². The molecule has 3 aromatic carbocycles. The molecule has 0 aromatic heterocycles. The van der Waals surface area contributed by atoms with Crippen molar-refractivity contribution in [3.05, 3.63) is 88.0 Å². The van der Waals surface area contributed by atoms with Crippen LogP contribution in [0.4, 0.5) is 21.9 Å². The molecule has 4 heterocycles. The molecule has 0 aliphatic carbocycles. The number of methoxy groups -OCH3 is 1. The Bertz CT molecular complexity index is 1910. The van der Waals surface area contributed by atoms with Gasteiger partial charge in [0.25, 0.3) is 11.6 Å². The molecule has 3 aromatic rings. The third-order valence-corrected chi connectivity index (χ3v) is 16.0. The molecule has 14 heteroatoms. The van der Waals surface area contributed by atoms with E-state index in [9.17, 15) is 24.8 Å². The van der Waals surface area contributed by atoms with Crippen molar-refractivity contribution < 1.29 is 38.6 Å². The first-order chi connectivity index (χ1) is 24.9. The monoisotopic (exact) mass is 728 g/mol. The number of hydrogen-bond donors (Lipinski definition) is 1. The van der Waals surface area contributed by atoms with Crippen LogP contribution in [-0.4, -0.2) is 86.5 Å². The molecule has 13 nitrogen and oxygen atoms in total. The Morgan fingerprint density at radius 2 is 1.87 bits per heavy atom. The lowest BCUT2D eigenvalue weighted by Gasteiger charge is -2.37. The van der Waals surface area contributed by atoms with Crippen LogP contribution in [0.1, 0.15) is 37.3 Å². The van der Waals surface area contributed by atoms with E-state index in [1.54, 1.807) is 23.0 Å². The van der Waals surface area contributed by atoms with Crippen molar-refractivity contribution in [2.45, 2.75) is 69.1 Å². The molecule has 274 valence electrons. The van der Waals surface area contributed by atoms with Crippen molar-refractivity contribution in [1.29, 1.82) is 0 Å². The highest BCUT2D eigenvalue weighted by atomic mass is 28.3. The van der Waals surface area contributed by atoms with Crippen LogP contribution in [0.15, 0.2) is 66.7 Å². The van der Waals surface area contributed by atoms with E-state index in [4.69, 9.17) is 14.2 Å². The van der Waals surface area contributed by atoms with Gasteiger partial charge in [0.2, 0.25) is 5.91 Å². The number of carbonyl (C=O) groups excluding carboxylic acids is 3. The van der Waals surface area contributed by atoms with Crippen molar-refractivity contribution in [2.75, 3.05) is 43.2 Å². The molecule has 3 saturated heterocycles. The van der Waals surface area contributed by atoms with E-state index >= 15 is 4.79 Å². The van der Waals surface area contributed by atoms with Gasteiger partial charge in [-0.05, 0) is 54.3 Å². The molecule has 5 atom stereocenters. The molecule has 3 amide bonds. The number of non-ortho nitro benzene ring substituents is 1. The third kappa shape index (κ3) is 5.82. The number of rotatable bonds is 10. The van der Waals surface area contributed by atoms with Crippen molar-refractivity contribution >= 4 is 48.2 Å². The number of aliphatic hydroxyl groups is 1. The van der Waals surface area contributed by atoms with Crippen LogP contribution in [0, 0.1) is 16.0 Å². The summed E-state index contributed by atoms with van der Waals surface area (Å²) in [6, 6.07) is 19.4. The molecule has 0 radical (unpaired) electrons. The highest BCUT2D eigenvalue weighted by Crippen LogP contribution is 2.60. The molecular formula is C38H44N4O9Si. The summed E-state index contributed by atoms with van der Waals surface area (Å²) in [5.74, 6) is -0.264. The fourth-order valence-corrected chi connectivity index (χ4v) is 13.1. The highest BCUT2D eigenvalue weighted by molar-refractivity contribution is 6.91. The van der Waals surface area contributed by atoms with Gasteiger partial charge in [-0.15, -0.1) is 0 Å². The number of aliphatic hydroxyl groups excluding tert-OH is 1. The molecule has 4 aliphatic rings. The lowest BCUT2D eigenvalue weighted by molar-refractivity contribution is -0.385. The summed E-state index contributed by atoms with van der Waals surface area (Å²) in [6.07, 6.45) is 0.392. The maximum atomic E-state index is 15.2. The number of fused-ring (bicyclic) bond motifs is 2. The summed E-state index contributed by atoms with van der Waals surface area (Å²) in [5.41, 5.74) is 0.271. The van der Waals surface area contributed by atoms with E-state index in [0.717, 1.165) is 17.2 Å². The quantitative estimate of drug-likeness (QED) is 0.178. The Morgan fingerprint density at radius 3 is 2.54 bits per heavy atom. The van der Waals surface area contributed by atoms with Gasteiger partial charge in [-0.25, -0.2) is 4.79 Å². The first kappa shape index (κ1) is 35.6. The molecule has 7 rings (SSSR count). The SMILES string of the molecule is COc1ccc([Si](C)(C)[C@@H]2[C@@H](CC(=O)N3CCC[C@H]3CO)O[C@]3(C(=O)N(Cc4cccc(N5CCOC5=O)c4)c4ccc([N+](=O)[O-])cc43)[C@H]2C)cc1. The zero-order valence-electron chi connectivity index (χ0n) is 29.8. The Balaban J connectivity index is 1.32. The van der Waals surface area contributed by atoms with Crippen LogP contribution in [0.3, 0.4) is 0 Å². The fraction of sp³-hybridized carbons (Fsp3) is 0.447. The number of benzene rings is 3. The molecule has 0 bridgehead atoms. The second kappa shape index (κ2) is 13.6. The molecule has 0 saturated carbocycles.